The molecule has 0 radical (unpaired) electrons. The summed E-state index contributed by atoms with van der Waals surface area (Å²) in [5.41, 5.74) is 1.81. The Balaban J connectivity index is 1.33. The fourth-order valence-corrected chi connectivity index (χ4v) is 5.26. The van der Waals surface area contributed by atoms with Gasteiger partial charge in [-0.25, -0.2) is 0 Å². The number of halogens is 2. The molecule has 0 bridgehead atoms. The van der Waals surface area contributed by atoms with Gasteiger partial charge in [0.1, 0.15) is 11.5 Å². The predicted molar refractivity (Wildman–Crippen MR) is 125 cm³/mol. The number of fused-ring (bicyclic) bond motifs is 1. The summed E-state index contributed by atoms with van der Waals surface area (Å²) in [4.78, 5) is 27.7. The molecule has 1 heterocycles. The van der Waals surface area contributed by atoms with E-state index in [0.717, 1.165) is 12.8 Å². The Kier molecular flexibility index (Phi) is 5.66. The molecule has 2 aliphatic rings. The van der Waals surface area contributed by atoms with Crippen LogP contribution in [0.15, 0.2) is 72.8 Å². The van der Waals surface area contributed by atoms with E-state index >= 15 is 0 Å². The normalized spacial score (nSPS) is 22.7. The highest BCUT2D eigenvalue weighted by molar-refractivity contribution is 6.35. The molecule has 0 unspecified atom stereocenters. The van der Waals surface area contributed by atoms with Crippen molar-refractivity contribution in [3.63, 3.8) is 0 Å². The van der Waals surface area contributed by atoms with Crippen molar-refractivity contribution in [2.24, 2.45) is 11.8 Å². The molecule has 6 heteroatoms. The molecule has 0 spiro atoms. The predicted octanol–water partition coefficient (Wildman–Crippen LogP) is 6.86. The average Bonchev–Trinajstić information content (AvgIpc) is 3.06. The Morgan fingerprint density at radius 1 is 0.812 bits per heavy atom. The molecule has 1 aliphatic heterocycles. The second-order valence-corrected chi connectivity index (χ2v) is 9.16. The van der Waals surface area contributed by atoms with E-state index in [9.17, 15) is 9.59 Å². The Morgan fingerprint density at radius 3 is 2.25 bits per heavy atom. The van der Waals surface area contributed by atoms with Crippen molar-refractivity contribution < 1.29 is 14.3 Å². The standard InChI is InChI=1S/C26H21Cl2NO3/c27-18-7-13-24(23(28)15-18)32-20-10-8-19(9-11-20)29-25(30)21-12-6-17(14-22(21)26(29)31)16-4-2-1-3-5-16/h1-5,7-11,13,15,17,21-22H,6,12,14H2/t17-,21+,22-/m0/s1. The number of carbonyl (C=O) groups excluding carboxylic acids is 2. The number of nitrogens with zero attached hydrogens (tertiary/aromatic N) is 1. The Hall–Kier alpha value is -2.82. The maximum absolute atomic E-state index is 13.2. The fraction of sp³-hybridized carbons (Fsp3) is 0.231. The molecule has 1 saturated carbocycles. The number of amides is 2. The van der Waals surface area contributed by atoms with Gasteiger partial charge in [0, 0.05) is 5.02 Å². The van der Waals surface area contributed by atoms with E-state index in [0.29, 0.717) is 39.6 Å². The van der Waals surface area contributed by atoms with Gasteiger partial charge in [-0.3, -0.25) is 14.5 Å². The summed E-state index contributed by atoms with van der Waals surface area (Å²) in [7, 11) is 0. The van der Waals surface area contributed by atoms with Crippen LogP contribution in [-0.4, -0.2) is 11.8 Å². The smallest absolute Gasteiger partial charge is 0.237 e. The molecule has 32 heavy (non-hydrogen) atoms. The van der Waals surface area contributed by atoms with Crippen molar-refractivity contribution in [2.45, 2.75) is 25.2 Å². The first-order valence-corrected chi connectivity index (χ1v) is 11.4. The van der Waals surface area contributed by atoms with Gasteiger partial charge in [-0.15, -0.1) is 0 Å². The summed E-state index contributed by atoms with van der Waals surface area (Å²) in [6.45, 7) is 0. The number of hydrogen-bond acceptors (Lipinski definition) is 3. The van der Waals surface area contributed by atoms with Gasteiger partial charge in [0.25, 0.3) is 0 Å². The van der Waals surface area contributed by atoms with Crippen molar-refractivity contribution >= 4 is 40.7 Å². The summed E-state index contributed by atoms with van der Waals surface area (Å²) in [6, 6.07) is 22.2. The lowest BCUT2D eigenvalue weighted by Gasteiger charge is -2.28. The van der Waals surface area contributed by atoms with Crippen LogP contribution in [-0.2, 0) is 9.59 Å². The molecule has 3 aromatic carbocycles. The quantitative estimate of drug-likeness (QED) is 0.395. The van der Waals surface area contributed by atoms with Crippen molar-refractivity contribution in [2.75, 3.05) is 4.90 Å². The molecule has 0 N–H and O–H groups in total. The number of benzene rings is 3. The number of rotatable bonds is 4. The molecule has 1 aliphatic carbocycles. The first-order valence-electron chi connectivity index (χ1n) is 10.7. The lowest BCUT2D eigenvalue weighted by molar-refractivity contribution is -0.122. The Bertz CT molecular complexity index is 1160. The van der Waals surface area contributed by atoms with Crippen LogP contribution < -0.4 is 9.64 Å². The van der Waals surface area contributed by atoms with Crippen LogP contribution in [0.4, 0.5) is 5.69 Å². The van der Waals surface area contributed by atoms with E-state index in [2.05, 4.69) is 12.1 Å². The molecule has 1 saturated heterocycles. The lowest BCUT2D eigenvalue weighted by Crippen LogP contribution is -2.30. The molecule has 3 aromatic rings. The van der Waals surface area contributed by atoms with Crippen LogP contribution in [0.3, 0.4) is 0 Å². The van der Waals surface area contributed by atoms with Crippen LogP contribution in [0.25, 0.3) is 0 Å². The van der Waals surface area contributed by atoms with Crippen molar-refractivity contribution in [3.8, 4) is 11.5 Å². The third kappa shape index (κ3) is 3.89. The second kappa shape index (κ2) is 8.61. The topological polar surface area (TPSA) is 46.6 Å². The summed E-state index contributed by atoms with van der Waals surface area (Å²) in [5, 5.41) is 0.934. The molecule has 2 fully saturated rings. The summed E-state index contributed by atoms with van der Waals surface area (Å²) < 4.78 is 5.81. The molecule has 0 aromatic heterocycles. The zero-order valence-corrected chi connectivity index (χ0v) is 18.7. The van der Waals surface area contributed by atoms with Crippen LogP contribution in [0.5, 0.6) is 11.5 Å². The van der Waals surface area contributed by atoms with E-state index in [1.54, 1.807) is 42.5 Å². The highest BCUT2D eigenvalue weighted by Crippen LogP contribution is 2.45. The van der Waals surface area contributed by atoms with E-state index in [-0.39, 0.29) is 23.7 Å². The molecule has 2 amide bonds. The van der Waals surface area contributed by atoms with Crippen LogP contribution in [0, 0.1) is 11.8 Å². The fourth-order valence-electron chi connectivity index (χ4n) is 4.81. The van der Waals surface area contributed by atoms with E-state index < -0.39 is 0 Å². The lowest BCUT2D eigenvalue weighted by atomic mass is 9.73. The van der Waals surface area contributed by atoms with E-state index in [1.807, 2.05) is 18.2 Å². The van der Waals surface area contributed by atoms with Crippen molar-refractivity contribution in [1.29, 1.82) is 0 Å². The molecule has 3 atom stereocenters. The van der Waals surface area contributed by atoms with Crippen LogP contribution >= 0.6 is 23.2 Å². The largest absolute Gasteiger partial charge is 0.456 e. The number of imide groups is 1. The van der Waals surface area contributed by atoms with Gasteiger partial charge in [0.15, 0.2) is 0 Å². The van der Waals surface area contributed by atoms with Crippen molar-refractivity contribution in [3.05, 3.63) is 88.4 Å². The maximum Gasteiger partial charge on any atom is 0.237 e. The van der Waals surface area contributed by atoms with Crippen LogP contribution in [0.2, 0.25) is 10.0 Å². The third-order valence-corrected chi connectivity index (χ3v) is 6.94. The average molecular weight is 466 g/mol. The molecule has 162 valence electrons. The minimum absolute atomic E-state index is 0.0964. The molecular formula is C26H21Cl2NO3. The van der Waals surface area contributed by atoms with Gasteiger partial charge in [-0.05, 0) is 73.2 Å². The van der Waals surface area contributed by atoms with Crippen LogP contribution in [0.1, 0.15) is 30.7 Å². The molecule has 4 nitrogen and oxygen atoms in total. The van der Waals surface area contributed by atoms with Gasteiger partial charge in [-0.1, -0.05) is 53.5 Å². The summed E-state index contributed by atoms with van der Waals surface area (Å²) >= 11 is 12.1. The molecular weight excluding hydrogens is 445 g/mol. The monoisotopic (exact) mass is 465 g/mol. The zero-order valence-electron chi connectivity index (χ0n) is 17.2. The maximum atomic E-state index is 13.2. The zero-order chi connectivity index (χ0) is 22.2. The summed E-state index contributed by atoms with van der Waals surface area (Å²) in [6.07, 6.45) is 2.38. The first kappa shape index (κ1) is 21.0. The summed E-state index contributed by atoms with van der Waals surface area (Å²) in [5.74, 6) is 0.662. The first-order chi connectivity index (χ1) is 15.5. The van der Waals surface area contributed by atoms with Gasteiger partial charge in [-0.2, -0.15) is 0 Å². The number of carbonyl (C=O) groups is 2. The number of hydrogen-bond donors (Lipinski definition) is 0. The van der Waals surface area contributed by atoms with E-state index in [4.69, 9.17) is 27.9 Å². The van der Waals surface area contributed by atoms with Gasteiger partial charge < -0.3 is 4.74 Å². The minimum atomic E-state index is -0.259. The third-order valence-electron chi connectivity index (χ3n) is 6.41. The van der Waals surface area contributed by atoms with Gasteiger partial charge in [0.05, 0.1) is 22.5 Å². The van der Waals surface area contributed by atoms with Crippen molar-refractivity contribution in [1.82, 2.24) is 0 Å². The number of ether oxygens (including phenoxy) is 1. The van der Waals surface area contributed by atoms with Gasteiger partial charge >= 0.3 is 0 Å². The van der Waals surface area contributed by atoms with Gasteiger partial charge in [0.2, 0.25) is 11.8 Å². The Morgan fingerprint density at radius 2 is 1.53 bits per heavy atom. The SMILES string of the molecule is O=C1[C@H]2C[C@@H](c3ccccc3)CC[C@H]2C(=O)N1c1ccc(Oc2ccc(Cl)cc2Cl)cc1. The minimum Gasteiger partial charge on any atom is -0.456 e. The second-order valence-electron chi connectivity index (χ2n) is 8.32. The van der Waals surface area contributed by atoms with E-state index in [1.165, 1.54) is 10.5 Å². The Labute approximate surface area is 196 Å². The molecule has 5 rings (SSSR count). The number of anilines is 1. The highest BCUT2D eigenvalue weighted by atomic mass is 35.5. The highest BCUT2D eigenvalue weighted by Gasteiger charge is 2.50.